The molecule has 0 unspecified atom stereocenters. The second-order valence-electron chi connectivity index (χ2n) is 4.49. The Kier molecular flexibility index (Phi) is 5.94. The van der Waals surface area contributed by atoms with Crippen LogP contribution in [0.5, 0.6) is 0 Å². The maximum atomic E-state index is 11.7. The molecule has 0 radical (unpaired) electrons. The van der Waals surface area contributed by atoms with Crippen LogP contribution in [0.25, 0.3) is 0 Å². The number of hydrogen-bond donors (Lipinski definition) is 2. The first-order valence-corrected chi connectivity index (χ1v) is 6.21. The first-order valence-electron chi connectivity index (χ1n) is 6.21. The van der Waals surface area contributed by atoms with Gasteiger partial charge in [-0.15, -0.1) is 0 Å². The van der Waals surface area contributed by atoms with Crippen LogP contribution in [0.1, 0.15) is 24.6 Å². The van der Waals surface area contributed by atoms with E-state index in [0.29, 0.717) is 6.54 Å². The van der Waals surface area contributed by atoms with E-state index in [1.54, 1.807) is 6.07 Å². The number of nitrogens with one attached hydrogen (secondary N) is 2. The summed E-state index contributed by atoms with van der Waals surface area (Å²) in [6.07, 6.45) is 2.97. The van der Waals surface area contributed by atoms with Gasteiger partial charge >= 0.3 is 0 Å². The van der Waals surface area contributed by atoms with Crippen LogP contribution >= 0.6 is 0 Å². The Balaban J connectivity index is 2.39. The molecule has 0 aliphatic rings. The van der Waals surface area contributed by atoms with Gasteiger partial charge in [-0.3, -0.25) is 4.79 Å². The molecule has 1 aromatic rings. The van der Waals surface area contributed by atoms with Gasteiger partial charge in [0, 0.05) is 43.2 Å². The fourth-order valence-electron chi connectivity index (χ4n) is 1.67. The summed E-state index contributed by atoms with van der Waals surface area (Å²) in [7, 11) is 2.03. The van der Waals surface area contributed by atoms with Gasteiger partial charge in [-0.1, -0.05) is 6.92 Å². The number of H-pyrrole nitrogens is 1. The molecule has 0 saturated carbocycles. The fourth-order valence-corrected chi connectivity index (χ4v) is 1.67. The number of hydrogen-bond acceptors (Lipinski definition) is 3. The average Bonchev–Trinajstić information content (AvgIpc) is 2.28. The normalized spacial score (nSPS) is 11.1. The Bertz CT molecular complexity index is 386. The molecular formula is C13H23N3O. The Morgan fingerprint density at radius 3 is 2.82 bits per heavy atom. The smallest absolute Gasteiger partial charge is 0.186 e. The van der Waals surface area contributed by atoms with E-state index in [-0.39, 0.29) is 5.43 Å². The third-order valence-electron chi connectivity index (χ3n) is 2.68. The third-order valence-corrected chi connectivity index (χ3v) is 2.68. The lowest BCUT2D eigenvalue weighted by molar-refractivity contribution is 0.323. The zero-order valence-corrected chi connectivity index (χ0v) is 11.0. The highest BCUT2D eigenvalue weighted by Crippen LogP contribution is 1.96. The van der Waals surface area contributed by atoms with Gasteiger partial charge in [-0.2, -0.15) is 0 Å². The summed E-state index contributed by atoms with van der Waals surface area (Å²) in [6.45, 7) is 7.72. The van der Waals surface area contributed by atoms with E-state index in [1.807, 2.05) is 20.2 Å². The topological polar surface area (TPSA) is 48.1 Å². The highest BCUT2D eigenvalue weighted by atomic mass is 16.1. The van der Waals surface area contributed by atoms with Crippen molar-refractivity contribution in [3.8, 4) is 0 Å². The monoisotopic (exact) mass is 237 g/mol. The summed E-state index contributed by atoms with van der Waals surface area (Å²) in [5.74, 6) is 0. The van der Waals surface area contributed by atoms with Gasteiger partial charge in [-0.05, 0) is 26.9 Å². The molecule has 1 rings (SSSR count). The minimum Gasteiger partial charge on any atom is -0.365 e. The number of pyridine rings is 1. The van der Waals surface area contributed by atoms with Gasteiger partial charge in [0.2, 0.25) is 0 Å². The molecule has 0 aliphatic heterocycles. The summed E-state index contributed by atoms with van der Waals surface area (Å²) < 4.78 is 0. The maximum absolute atomic E-state index is 11.7. The highest BCUT2D eigenvalue weighted by molar-refractivity contribution is 5.13. The lowest BCUT2D eigenvalue weighted by Gasteiger charge is -2.16. The standard InChI is InChI=1S/C13H23N3O/c1-4-5-14-6-7-16(3)10-12-9-15-11(2)8-13(12)17/h8-9,14H,4-7,10H2,1-3H3,(H,15,17). The predicted molar refractivity (Wildman–Crippen MR) is 71.3 cm³/mol. The number of rotatable bonds is 7. The molecule has 4 heteroatoms. The summed E-state index contributed by atoms with van der Waals surface area (Å²) >= 11 is 0. The number of aromatic nitrogens is 1. The van der Waals surface area contributed by atoms with Crippen LogP contribution in [0, 0.1) is 6.92 Å². The highest BCUT2D eigenvalue weighted by Gasteiger charge is 2.03. The number of aryl methyl sites for hydroxylation is 1. The second-order valence-corrected chi connectivity index (χ2v) is 4.49. The molecule has 0 amide bonds. The number of nitrogens with zero attached hydrogens (tertiary/aromatic N) is 1. The van der Waals surface area contributed by atoms with Crippen molar-refractivity contribution in [2.24, 2.45) is 0 Å². The van der Waals surface area contributed by atoms with Gasteiger partial charge in [0.05, 0.1) is 0 Å². The minimum atomic E-state index is 0.120. The zero-order chi connectivity index (χ0) is 12.7. The molecule has 96 valence electrons. The van der Waals surface area contributed by atoms with Crippen LogP contribution in [-0.4, -0.2) is 36.6 Å². The van der Waals surface area contributed by atoms with E-state index < -0.39 is 0 Å². The Morgan fingerprint density at radius 2 is 2.18 bits per heavy atom. The first-order chi connectivity index (χ1) is 8.13. The molecule has 0 saturated heterocycles. The maximum Gasteiger partial charge on any atom is 0.186 e. The van der Waals surface area contributed by atoms with Crippen LogP contribution in [0.3, 0.4) is 0 Å². The number of likely N-dealkylation sites (N-methyl/N-ethyl adjacent to an activating group) is 1. The Hall–Kier alpha value is -1.13. The van der Waals surface area contributed by atoms with E-state index >= 15 is 0 Å². The van der Waals surface area contributed by atoms with Gasteiger partial charge in [0.25, 0.3) is 0 Å². The van der Waals surface area contributed by atoms with E-state index in [0.717, 1.165) is 37.3 Å². The van der Waals surface area contributed by atoms with E-state index in [9.17, 15) is 4.79 Å². The molecule has 0 fully saturated rings. The molecule has 17 heavy (non-hydrogen) atoms. The van der Waals surface area contributed by atoms with Crippen LogP contribution in [-0.2, 0) is 6.54 Å². The molecular weight excluding hydrogens is 214 g/mol. The molecule has 1 heterocycles. The molecule has 4 nitrogen and oxygen atoms in total. The van der Waals surface area contributed by atoms with Crippen LogP contribution in [0.15, 0.2) is 17.1 Å². The van der Waals surface area contributed by atoms with Gasteiger partial charge in [0.1, 0.15) is 0 Å². The van der Waals surface area contributed by atoms with Crippen LogP contribution in [0.4, 0.5) is 0 Å². The molecule has 1 aromatic heterocycles. The Morgan fingerprint density at radius 1 is 1.41 bits per heavy atom. The van der Waals surface area contributed by atoms with Crippen LogP contribution < -0.4 is 10.7 Å². The van der Waals surface area contributed by atoms with Crippen molar-refractivity contribution in [2.75, 3.05) is 26.7 Å². The van der Waals surface area contributed by atoms with Crippen molar-refractivity contribution in [3.63, 3.8) is 0 Å². The quantitative estimate of drug-likeness (QED) is 0.699. The van der Waals surface area contributed by atoms with Crippen molar-refractivity contribution in [1.82, 2.24) is 15.2 Å². The largest absolute Gasteiger partial charge is 0.365 e. The summed E-state index contributed by atoms with van der Waals surface area (Å²) in [6, 6.07) is 1.65. The van der Waals surface area contributed by atoms with Gasteiger partial charge < -0.3 is 15.2 Å². The lowest BCUT2D eigenvalue weighted by Crippen LogP contribution is -2.30. The number of aromatic amines is 1. The molecule has 0 bridgehead atoms. The zero-order valence-electron chi connectivity index (χ0n) is 11.0. The summed E-state index contributed by atoms with van der Waals surface area (Å²) in [5, 5.41) is 3.35. The van der Waals surface area contributed by atoms with Crippen molar-refractivity contribution < 1.29 is 0 Å². The van der Waals surface area contributed by atoms with Crippen molar-refractivity contribution >= 4 is 0 Å². The van der Waals surface area contributed by atoms with Crippen molar-refractivity contribution in [2.45, 2.75) is 26.8 Å². The second kappa shape index (κ2) is 7.25. The molecule has 2 N–H and O–H groups in total. The fraction of sp³-hybridized carbons (Fsp3) is 0.615. The summed E-state index contributed by atoms with van der Waals surface area (Å²) in [4.78, 5) is 16.9. The van der Waals surface area contributed by atoms with Gasteiger partial charge in [0.15, 0.2) is 5.43 Å². The Labute approximate surface area is 103 Å². The average molecular weight is 237 g/mol. The minimum absolute atomic E-state index is 0.120. The lowest BCUT2D eigenvalue weighted by atomic mass is 10.2. The molecule has 0 aliphatic carbocycles. The molecule has 0 aromatic carbocycles. The van der Waals surface area contributed by atoms with Crippen molar-refractivity contribution in [1.29, 1.82) is 0 Å². The predicted octanol–water partition coefficient (Wildman–Crippen LogP) is 1.11. The first kappa shape index (κ1) is 13.9. The SMILES string of the molecule is CCCNCCN(C)Cc1c[nH]c(C)cc1=O. The van der Waals surface area contributed by atoms with E-state index in [1.165, 1.54) is 0 Å². The molecule has 0 atom stereocenters. The van der Waals surface area contributed by atoms with E-state index in [4.69, 9.17) is 0 Å². The van der Waals surface area contributed by atoms with Crippen molar-refractivity contribution in [3.05, 3.63) is 33.7 Å². The summed E-state index contributed by atoms with van der Waals surface area (Å²) in [5.41, 5.74) is 1.86. The third kappa shape index (κ3) is 5.15. The molecule has 0 spiro atoms. The van der Waals surface area contributed by atoms with E-state index in [2.05, 4.69) is 22.1 Å². The van der Waals surface area contributed by atoms with Gasteiger partial charge in [-0.25, -0.2) is 0 Å². The van der Waals surface area contributed by atoms with Crippen LogP contribution in [0.2, 0.25) is 0 Å².